The highest BCUT2D eigenvalue weighted by Crippen LogP contribution is 2.33. The highest BCUT2D eigenvalue weighted by atomic mass is 16.5. The van der Waals surface area contributed by atoms with Crippen molar-refractivity contribution in [3.8, 4) is 0 Å². The van der Waals surface area contributed by atoms with Gasteiger partial charge in [0.25, 0.3) is 0 Å². The van der Waals surface area contributed by atoms with Gasteiger partial charge in [-0.1, -0.05) is 13.3 Å². The molecular formula is C10H19NO. The van der Waals surface area contributed by atoms with E-state index in [2.05, 4.69) is 12.2 Å². The maximum absolute atomic E-state index is 5.30. The van der Waals surface area contributed by atoms with Gasteiger partial charge in [0.2, 0.25) is 0 Å². The number of hydrogen-bond donors (Lipinski definition) is 1. The standard InChI is InChI=1S/C10H19NO/c1-2-5-10(7-12-8-10)6-11-9-3-4-9/h9,11H,2-8H2,1H3. The van der Waals surface area contributed by atoms with Gasteiger partial charge in [0, 0.05) is 18.0 Å². The molecule has 2 rings (SSSR count). The minimum absolute atomic E-state index is 0.511. The number of ether oxygens (including phenoxy) is 1. The normalized spacial score (nSPS) is 26.8. The van der Waals surface area contributed by atoms with Crippen LogP contribution in [-0.2, 0) is 4.74 Å². The lowest BCUT2D eigenvalue weighted by Gasteiger charge is -2.41. The summed E-state index contributed by atoms with van der Waals surface area (Å²) < 4.78 is 5.30. The zero-order chi connectivity index (χ0) is 8.44. The van der Waals surface area contributed by atoms with Gasteiger partial charge in [-0.05, 0) is 19.3 Å². The molecule has 0 bridgehead atoms. The van der Waals surface area contributed by atoms with E-state index in [1.165, 1.54) is 32.2 Å². The summed E-state index contributed by atoms with van der Waals surface area (Å²) in [6.07, 6.45) is 5.40. The lowest BCUT2D eigenvalue weighted by molar-refractivity contribution is -0.115. The lowest BCUT2D eigenvalue weighted by Crippen LogP contribution is -2.50. The molecule has 0 aromatic rings. The molecule has 0 radical (unpaired) electrons. The highest BCUT2D eigenvalue weighted by Gasteiger charge is 2.38. The van der Waals surface area contributed by atoms with Gasteiger partial charge in [-0.25, -0.2) is 0 Å². The van der Waals surface area contributed by atoms with Crippen molar-refractivity contribution in [3.63, 3.8) is 0 Å². The van der Waals surface area contributed by atoms with E-state index in [1.807, 2.05) is 0 Å². The topological polar surface area (TPSA) is 21.3 Å². The zero-order valence-electron chi connectivity index (χ0n) is 7.94. The van der Waals surface area contributed by atoms with Crippen molar-refractivity contribution in [2.75, 3.05) is 19.8 Å². The van der Waals surface area contributed by atoms with Crippen molar-refractivity contribution in [3.05, 3.63) is 0 Å². The third-order valence-corrected chi connectivity index (χ3v) is 2.94. The summed E-state index contributed by atoms with van der Waals surface area (Å²) in [5, 5.41) is 3.60. The average Bonchev–Trinajstić information content (AvgIpc) is 2.77. The molecule has 0 aromatic heterocycles. The fourth-order valence-corrected chi connectivity index (χ4v) is 1.90. The van der Waals surface area contributed by atoms with Crippen LogP contribution in [0.5, 0.6) is 0 Å². The van der Waals surface area contributed by atoms with Crippen LogP contribution in [0.2, 0.25) is 0 Å². The van der Waals surface area contributed by atoms with Gasteiger partial charge in [-0.2, -0.15) is 0 Å². The average molecular weight is 169 g/mol. The molecule has 0 aromatic carbocycles. The van der Waals surface area contributed by atoms with E-state index in [9.17, 15) is 0 Å². The summed E-state index contributed by atoms with van der Waals surface area (Å²) in [6, 6.07) is 0.847. The van der Waals surface area contributed by atoms with Crippen LogP contribution >= 0.6 is 0 Å². The molecule has 1 aliphatic heterocycles. The summed E-state index contributed by atoms with van der Waals surface area (Å²) >= 11 is 0. The summed E-state index contributed by atoms with van der Waals surface area (Å²) in [7, 11) is 0. The number of rotatable bonds is 5. The fourth-order valence-electron chi connectivity index (χ4n) is 1.90. The van der Waals surface area contributed by atoms with Gasteiger partial charge in [0.05, 0.1) is 13.2 Å². The molecule has 70 valence electrons. The van der Waals surface area contributed by atoms with Crippen LogP contribution in [0.15, 0.2) is 0 Å². The minimum Gasteiger partial charge on any atom is -0.380 e. The Hall–Kier alpha value is -0.0800. The predicted molar refractivity (Wildman–Crippen MR) is 49.2 cm³/mol. The molecule has 0 amide bonds. The van der Waals surface area contributed by atoms with Crippen LogP contribution in [0.1, 0.15) is 32.6 Å². The van der Waals surface area contributed by atoms with E-state index in [1.54, 1.807) is 0 Å². The molecule has 0 atom stereocenters. The summed E-state index contributed by atoms with van der Waals surface area (Å²) in [5.41, 5.74) is 0.511. The maximum Gasteiger partial charge on any atom is 0.0557 e. The van der Waals surface area contributed by atoms with Crippen LogP contribution in [0, 0.1) is 5.41 Å². The first-order chi connectivity index (χ1) is 5.85. The first-order valence-electron chi connectivity index (χ1n) is 5.16. The van der Waals surface area contributed by atoms with Crippen molar-refractivity contribution in [2.45, 2.75) is 38.6 Å². The number of nitrogens with one attached hydrogen (secondary N) is 1. The van der Waals surface area contributed by atoms with Crippen LogP contribution in [0.4, 0.5) is 0 Å². The van der Waals surface area contributed by atoms with Crippen molar-refractivity contribution in [2.24, 2.45) is 5.41 Å². The minimum atomic E-state index is 0.511. The molecule has 0 spiro atoms. The lowest BCUT2D eigenvalue weighted by atomic mass is 9.81. The largest absolute Gasteiger partial charge is 0.380 e. The first-order valence-corrected chi connectivity index (χ1v) is 5.16. The van der Waals surface area contributed by atoms with Gasteiger partial charge < -0.3 is 10.1 Å². The quantitative estimate of drug-likeness (QED) is 0.674. The van der Waals surface area contributed by atoms with Crippen LogP contribution in [0.3, 0.4) is 0 Å². The monoisotopic (exact) mass is 169 g/mol. The van der Waals surface area contributed by atoms with Crippen LogP contribution in [-0.4, -0.2) is 25.8 Å². The molecule has 2 fully saturated rings. The van der Waals surface area contributed by atoms with E-state index < -0.39 is 0 Å². The fraction of sp³-hybridized carbons (Fsp3) is 1.00. The molecular weight excluding hydrogens is 150 g/mol. The third kappa shape index (κ3) is 1.80. The molecule has 2 aliphatic rings. The summed E-state index contributed by atoms with van der Waals surface area (Å²) in [4.78, 5) is 0. The van der Waals surface area contributed by atoms with Gasteiger partial charge in [-0.15, -0.1) is 0 Å². The Labute approximate surface area is 74.7 Å². The number of hydrogen-bond acceptors (Lipinski definition) is 2. The van der Waals surface area contributed by atoms with Gasteiger partial charge in [0.1, 0.15) is 0 Å². The Bertz CT molecular complexity index is 150. The summed E-state index contributed by atoms with van der Waals surface area (Å²) in [6.45, 7) is 5.42. The SMILES string of the molecule is CCCC1(CNC2CC2)COC1. The molecule has 0 unspecified atom stereocenters. The van der Waals surface area contributed by atoms with E-state index in [4.69, 9.17) is 4.74 Å². The Morgan fingerprint density at radius 3 is 2.58 bits per heavy atom. The zero-order valence-corrected chi connectivity index (χ0v) is 7.94. The predicted octanol–water partition coefficient (Wildman–Crippen LogP) is 1.56. The molecule has 1 aliphatic carbocycles. The van der Waals surface area contributed by atoms with E-state index in [-0.39, 0.29) is 0 Å². The van der Waals surface area contributed by atoms with Crippen molar-refractivity contribution in [1.82, 2.24) is 5.32 Å². The van der Waals surface area contributed by atoms with Gasteiger partial charge in [-0.3, -0.25) is 0 Å². The van der Waals surface area contributed by atoms with E-state index >= 15 is 0 Å². The Morgan fingerprint density at radius 1 is 1.42 bits per heavy atom. The van der Waals surface area contributed by atoms with Gasteiger partial charge >= 0.3 is 0 Å². The van der Waals surface area contributed by atoms with E-state index in [0.717, 1.165) is 19.3 Å². The molecule has 1 saturated heterocycles. The molecule has 1 saturated carbocycles. The molecule has 12 heavy (non-hydrogen) atoms. The smallest absolute Gasteiger partial charge is 0.0557 e. The van der Waals surface area contributed by atoms with Crippen molar-refractivity contribution >= 4 is 0 Å². The second-order valence-corrected chi connectivity index (χ2v) is 4.40. The second-order valence-electron chi connectivity index (χ2n) is 4.40. The first kappa shape index (κ1) is 8.52. The highest BCUT2D eigenvalue weighted by molar-refractivity contribution is 4.91. The molecule has 1 heterocycles. The maximum atomic E-state index is 5.30. The second kappa shape index (κ2) is 3.35. The Kier molecular flexibility index (Phi) is 2.37. The molecule has 1 N–H and O–H groups in total. The Balaban J connectivity index is 1.72. The molecule has 2 nitrogen and oxygen atoms in total. The van der Waals surface area contributed by atoms with Crippen molar-refractivity contribution in [1.29, 1.82) is 0 Å². The third-order valence-electron chi connectivity index (χ3n) is 2.94. The Morgan fingerprint density at radius 2 is 2.17 bits per heavy atom. The van der Waals surface area contributed by atoms with Gasteiger partial charge in [0.15, 0.2) is 0 Å². The van der Waals surface area contributed by atoms with E-state index in [0.29, 0.717) is 5.41 Å². The van der Waals surface area contributed by atoms with Crippen LogP contribution < -0.4 is 5.32 Å². The van der Waals surface area contributed by atoms with Crippen molar-refractivity contribution < 1.29 is 4.74 Å². The summed E-state index contributed by atoms with van der Waals surface area (Å²) in [5.74, 6) is 0. The van der Waals surface area contributed by atoms with Crippen LogP contribution in [0.25, 0.3) is 0 Å². The molecule has 2 heteroatoms.